The van der Waals surface area contributed by atoms with E-state index < -0.39 is 5.97 Å². The molecule has 0 aliphatic heterocycles. The molecule has 2 rings (SSSR count). The van der Waals surface area contributed by atoms with Crippen LogP contribution < -0.4 is 5.32 Å². The largest absolute Gasteiger partial charge is 0.508 e. The molecule has 5 heteroatoms. The van der Waals surface area contributed by atoms with Gasteiger partial charge in [0.1, 0.15) is 5.75 Å². The van der Waals surface area contributed by atoms with E-state index in [1.807, 2.05) is 0 Å². The lowest BCUT2D eigenvalue weighted by atomic mass is 9.79. The van der Waals surface area contributed by atoms with Crippen molar-refractivity contribution in [3.63, 3.8) is 0 Å². The van der Waals surface area contributed by atoms with Gasteiger partial charge in [0.15, 0.2) is 0 Å². The third kappa shape index (κ3) is 4.21. The summed E-state index contributed by atoms with van der Waals surface area (Å²) in [6, 6.07) is 6.72. The molecule has 21 heavy (non-hydrogen) atoms. The summed E-state index contributed by atoms with van der Waals surface area (Å²) in [7, 11) is 0. The smallest absolute Gasteiger partial charge is 0.306 e. The number of hydrogen-bond acceptors (Lipinski definition) is 3. The quantitative estimate of drug-likeness (QED) is 0.774. The maximum absolute atomic E-state index is 11.9. The maximum atomic E-state index is 11.9. The molecular formula is C16H21NO4. The van der Waals surface area contributed by atoms with Crippen LogP contribution in [0.4, 0.5) is 0 Å². The van der Waals surface area contributed by atoms with Gasteiger partial charge in [0.05, 0.1) is 12.3 Å². The van der Waals surface area contributed by atoms with Crippen molar-refractivity contribution in [3.8, 4) is 5.75 Å². The minimum Gasteiger partial charge on any atom is -0.508 e. The highest BCUT2D eigenvalue weighted by Crippen LogP contribution is 2.29. The molecule has 5 nitrogen and oxygen atoms in total. The molecule has 2 atom stereocenters. The fraction of sp³-hybridized carbons (Fsp3) is 0.500. The number of carboxylic acids is 1. The van der Waals surface area contributed by atoms with Crippen molar-refractivity contribution in [2.75, 3.05) is 6.54 Å². The number of aliphatic carboxylic acids is 1. The summed E-state index contributed by atoms with van der Waals surface area (Å²) >= 11 is 0. The van der Waals surface area contributed by atoms with Gasteiger partial charge in [0.25, 0.3) is 0 Å². The topological polar surface area (TPSA) is 86.6 Å². The molecule has 1 aromatic rings. The van der Waals surface area contributed by atoms with Gasteiger partial charge >= 0.3 is 5.97 Å². The molecule has 114 valence electrons. The molecule has 1 aliphatic carbocycles. The fourth-order valence-corrected chi connectivity index (χ4v) is 2.92. The molecular weight excluding hydrogens is 270 g/mol. The van der Waals surface area contributed by atoms with Crippen molar-refractivity contribution in [1.82, 2.24) is 5.32 Å². The Bertz CT molecular complexity index is 515. The second kappa shape index (κ2) is 7.11. The number of carboxylic acid groups (broad SMARTS) is 1. The minimum absolute atomic E-state index is 0.00423. The van der Waals surface area contributed by atoms with Crippen molar-refractivity contribution >= 4 is 11.9 Å². The van der Waals surface area contributed by atoms with Crippen molar-refractivity contribution in [1.29, 1.82) is 0 Å². The lowest BCUT2D eigenvalue weighted by Gasteiger charge is -2.28. The average Bonchev–Trinajstić information content (AvgIpc) is 2.48. The van der Waals surface area contributed by atoms with Crippen LogP contribution in [0, 0.1) is 11.8 Å². The summed E-state index contributed by atoms with van der Waals surface area (Å²) in [4.78, 5) is 23.1. The highest BCUT2D eigenvalue weighted by atomic mass is 16.4. The van der Waals surface area contributed by atoms with E-state index in [0.717, 1.165) is 19.3 Å². The Balaban J connectivity index is 1.86. The normalized spacial score (nSPS) is 21.7. The van der Waals surface area contributed by atoms with Gasteiger partial charge in [-0.2, -0.15) is 0 Å². The Hall–Kier alpha value is -2.04. The first kappa shape index (κ1) is 15.4. The zero-order valence-electron chi connectivity index (χ0n) is 11.9. The van der Waals surface area contributed by atoms with Crippen LogP contribution in [-0.2, 0) is 16.0 Å². The van der Waals surface area contributed by atoms with Crippen LogP contribution in [-0.4, -0.2) is 28.6 Å². The van der Waals surface area contributed by atoms with E-state index >= 15 is 0 Å². The van der Waals surface area contributed by atoms with Gasteiger partial charge < -0.3 is 15.5 Å². The number of para-hydroxylation sites is 1. The molecule has 3 N–H and O–H groups in total. The van der Waals surface area contributed by atoms with Crippen molar-refractivity contribution in [2.24, 2.45) is 11.8 Å². The molecule has 1 aromatic carbocycles. The number of nitrogens with one attached hydrogen (secondary N) is 1. The molecule has 0 bridgehead atoms. The van der Waals surface area contributed by atoms with Crippen LogP contribution in [0.5, 0.6) is 5.75 Å². The number of carbonyl (C=O) groups is 2. The lowest BCUT2D eigenvalue weighted by molar-refractivity contribution is -0.145. The summed E-state index contributed by atoms with van der Waals surface area (Å²) in [6.45, 7) is 0.392. The molecule has 1 aliphatic rings. The molecule has 1 fully saturated rings. The van der Waals surface area contributed by atoms with Crippen LogP contribution in [0.15, 0.2) is 24.3 Å². The second-order valence-corrected chi connectivity index (χ2v) is 5.60. The van der Waals surface area contributed by atoms with E-state index in [-0.39, 0.29) is 29.9 Å². The molecule has 0 radical (unpaired) electrons. The number of carbonyl (C=O) groups excluding carboxylic acids is 1. The number of phenols is 1. The molecule has 0 aromatic heterocycles. The Labute approximate surface area is 124 Å². The highest BCUT2D eigenvalue weighted by Gasteiger charge is 2.30. The van der Waals surface area contributed by atoms with E-state index in [1.165, 1.54) is 0 Å². The van der Waals surface area contributed by atoms with E-state index in [1.54, 1.807) is 24.3 Å². The predicted octanol–water partition coefficient (Wildman–Crippen LogP) is 1.94. The van der Waals surface area contributed by atoms with Crippen LogP contribution in [0.3, 0.4) is 0 Å². The molecule has 0 spiro atoms. The van der Waals surface area contributed by atoms with E-state index in [4.69, 9.17) is 0 Å². The molecule has 1 amide bonds. The van der Waals surface area contributed by atoms with Gasteiger partial charge in [-0.15, -0.1) is 0 Å². The number of amides is 1. The lowest BCUT2D eigenvalue weighted by Crippen LogP contribution is -2.37. The van der Waals surface area contributed by atoms with Gasteiger partial charge in [-0.1, -0.05) is 31.0 Å². The van der Waals surface area contributed by atoms with Crippen LogP contribution in [0.1, 0.15) is 31.2 Å². The number of benzene rings is 1. The summed E-state index contributed by atoms with van der Waals surface area (Å²) < 4.78 is 0. The van der Waals surface area contributed by atoms with Crippen molar-refractivity contribution in [2.45, 2.75) is 32.1 Å². The molecule has 0 saturated heterocycles. The summed E-state index contributed by atoms with van der Waals surface area (Å²) in [5.41, 5.74) is 0.577. The van der Waals surface area contributed by atoms with E-state index in [0.29, 0.717) is 18.5 Å². The highest BCUT2D eigenvalue weighted by molar-refractivity contribution is 5.79. The van der Waals surface area contributed by atoms with Crippen LogP contribution in [0.2, 0.25) is 0 Å². The maximum Gasteiger partial charge on any atom is 0.306 e. The third-order valence-corrected chi connectivity index (χ3v) is 4.13. The average molecular weight is 291 g/mol. The van der Waals surface area contributed by atoms with E-state index in [2.05, 4.69) is 5.32 Å². The van der Waals surface area contributed by atoms with Gasteiger partial charge in [-0.05, 0) is 24.8 Å². The Morgan fingerprint density at radius 2 is 1.90 bits per heavy atom. The zero-order chi connectivity index (χ0) is 15.2. The number of hydrogen-bond donors (Lipinski definition) is 3. The first-order valence-corrected chi connectivity index (χ1v) is 7.34. The van der Waals surface area contributed by atoms with Crippen LogP contribution in [0.25, 0.3) is 0 Å². The first-order chi connectivity index (χ1) is 10.1. The number of phenolic OH excluding ortho intramolecular Hbond substituents is 1. The fourth-order valence-electron chi connectivity index (χ4n) is 2.92. The summed E-state index contributed by atoms with van der Waals surface area (Å²) in [6.07, 6.45) is 3.60. The Morgan fingerprint density at radius 1 is 1.19 bits per heavy atom. The molecule has 2 unspecified atom stereocenters. The van der Waals surface area contributed by atoms with Crippen molar-refractivity contribution in [3.05, 3.63) is 29.8 Å². The van der Waals surface area contributed by atoms with Gasteiger partial charge in [0, 0.05) is 12.1 Å². The number of rotatable bonds is 5. The molecule has 0 heterocycles. The van der Waals surface area contributed by atoms with Gasteiger partial charge in [0.2, 0.25) is 5.91 Å². The first-order valence-electron chi connectivity index (χ1n) is 7.34. The van der Waals surface area contributed by atoms with Gasteiger partial charge in [-0.3, -0.25) is 9.59 Å². The minimum atomic E-state index is -0.769. The number of aromatic hydroxyl groups is 1. The monoisotopic (exact) mass is 291 g/mol. The Kier molecular flexibility index (Phi) is 5.20. The standard InChI is InChI=1S/C16H21NO4/c18-14-8-4-2-5-11(14)9-15(19)17-10-12-6-1-3-7-13(12)16(20)21/h2,4-5,8,12-13,18H,1,3,6-7,9-10H2,(H,17,19)(H,20,21). The molecule has 1 saturated carbocycles. The van der Waals surface area contributed by atoms with Crippen LogP contribution >= 0.6 is 0 Å². The van der Waals surface area contributed by atoms with Crippen molar-refractivity contribution < 1.29 is 19.8 Å². The summed E-state index contributed by atoms with van der Waals surface area (Å²) in [5, 5.41) is 21.6. The van der Waals surface area contributed by atoms with Gasteiger partial charge in [-0.25, -0.2) is 0 Å². The SMILES string of the molecule is O=C(Cc1ccccc1O)NCC1CCCCC1C(=O)O. The van der Waals surface area contributed by atoms with E-state index in [9.17, 15) is 19.8 Å². The zero-order valence-corrected chi connectivity index (χ0v) is 11.9. The predicted molar refractivity (Wildman–Crippen MR) is 77.9 cm³/mol. The third-order valence-electron chi connectivity index (χ3n) is 4.13. The summed E-state index contributed by atoms with van der Waals surface area (Å²) in [5.74, 6) is -1.21. The Morgan fingerprint density at radius 3 is 2.62 bits per heavy atom. The second-order valence-electron chi connectivity index (χ2n) is 5.60.